The number of halogens is 2. The molecule has 1 aromatic carbocycles. The SMILES string of the molecule is COc1cc(F)c(F)cc1-c1ccnc2[nH]c(C3=CCCCC3)cc12. The molecule has 3 nitrogen and oxygen atoms in total. The van der Waals surface area contributed by atoms with Crippen molar-refractivity contribution >= 4 is 16.6 Å². The van der Waals surface area contributed by atoms with Gasteiger partial charge >= 0.3 is 0 Å². The fourth-order valence-corrected chi connectivity index (χ4v) is 3.43. The van der Waals surface area contributed by atoms with Gasteiger partial charge in [-0.25, -0.2) is 13.8 Å². The maximum Gasteiger partial charge on any atom is 0.162 e. The van der Waals surface area contributed by atoms with E-state index in [1.54, 1.807) is 12.3 Å². The van der Waals surface area contributed by atoms with E-state index in [2.05, 4.69) is 16.0 Å². The van der Waals surface area contributed by atoms with E-state index >= 15 is 0 Å². The van der Waals surface area contributed by atoms with Gasteiger partial charge in [-0.1, -0.05) is 6.08 Å². The van der Waals surface area contributed by atoms with Crippen molar-refractivity contribution < 1.29 is 13.5 Å². The van der Waals surface area contributed by atoms with Gasteiger partial charge in [0, 0.05) is 28.9 Å². The lowest BCUT2D eigenvalue weighted by atomic mass is 9.96. The van der Waals surface area contributed by atoms with Crippen LogP contribution in [0.15, 0.2) is 36.5 Å². The Bertz CT molecular complexity index is 975. The number of nitrogens with one attached hydrogen (secondary N) is 1. The van der Waals surface area contributed by atoms with Crippen LogP contribution in [0.3, 0.4) is 0 Å². The Kier molecular flexibility index (Phi) is 3.99. The number of hydrogen-bond acceptors (Lipinski definition) is 2. The summed E-state index contributed by atoms with van der Waals surface area (Å²) < 4.78 is 32.6. The van der Waals surface area contributed by atoms with Gasteiger partial charge in [0.1, 0.15) is 11.4 Å². The summed E-state index contributed by atoms with van der Waals surface area (Å²) in [6.07, 6.45) is 8.44. The van der Waals surface area contributed by atoms with Gasteiger partial charge < -0.3 is 9.72 Å². The average Bonchev–Trinajstić information content (AvgIpc) is 3.08. The Morgan fingerprint density at radius 1 is 1.08 bits per heavy atom. The van der Waals surface area contributed by atoms with Crippen LogP contribution in [0.4, 0.5) is 8.78 Å². The van der Waals surface area contributed by atoms with E-state index in [9.17, 15) is 8.78 Å². The molecule has 0 atom stereocenters. The second-order valence-corrected chi connectivity index (χ2v) is 6.25. The first-order chi connectivity index (χ1) is 12.2. The van der Waals surface area contributed by atoms with E-state index in [0.717, 1.165) is 41.2 Å². The fourth-order valence-electron chi connectivity index (χ4n) is 3.43. The first-order valence-corrected chi connectivity index (χ1v) is 8.38. The molecule has 0 unspecified atom stereocenters. The van der Waals surface area contributed by atoms with Crippen LogP contribution in [0.2, 0.25) is 0 Å². The first-order valence-electron chi connectivity index (χ1n) is 8.38. The zero-order chi connectivity index (χ0) is 17.4. The van der Waals surface area contributed by atoms with E-state index in [1.807, 2.05) is 6.07 Å². The standard InChI is InChI=1S/C20H18F2N2O/c1-25-19-11-17(22)16(21)9-14(19)13-7-8-23-20-15(13)10-18(24-20)12-5-3-2-4-6-12/h5,7-11H,2-4,6H2,1H3,(H,23,24). The van der Waals surface area contributed by atoms with Crippen molar-refractivity contribution in [2.75, 3.05) is 7.11 Å². The van der Waals surface area contributed by atoms with Gasteiger partial charge in [0.15, 0.2) is 11.6 Å². The lowest BCUT2D eigenvalue weighted by Crippen LogP contribution is -1.93. The molecule has 0 fully saturated rings. The Hall–Kier alpha value is -2.69. The molecule has 5 heteroatoms. The van der Waals surface area contributed by atoms with E-state index in [4.69, 9.17) is 4.74 Å². The maximum atomic E-state index is 13.8. The van der Waals surface area contributed by atoms with Gasteiger partial charge in [0.05, 0.1) is 7.11 Å². The molecule has 0 saturated carbocycles. The average molecular weight is 340 g/mol. The van der Waals surface area contributed by atoms with Crippen molar-refractivity contribution in [1.29, 1.82) is 0 Å². The fraction of sp³-hybridized carbons (Fsp3) is 0.250. The third-order valence-electron chi connectivity index (χ3n) is 4.70. The molecule has 128 valence electrons. The molecular formula is C20H18F2N2O. The van der Waals surface area contributed by atoms with Gasteiger partial charge in [-0.05, 0) is 55.0 Å². The number of H-pyrrole nitrogens is 1. The molecule has 2 aromatic heterocycles. The van der Waals surface area contributed by atoms with Crippen molar-refractivity contribution in [2.24, 2.45) is 0 Å². The molecule has 3 aromatic rings. The molecule has 1 aliphatic rings. The highest BCUT2D eigenvalue weighted by Crippen LogP contribution is 2.37. The minimum absolute atomic E-state index is 0.297. The highest BCUT2D eigenvalue weighted by molar-refractivity contribution is 5.96. The largest absolute Gasteiger partial charge is 0.496 e. The summed E-state index contributed by atoms with van der Waals surface area (Å²) in [5, 5.41) is 0.869. The number of hydrogen-bond donors (Lipinski definition) is 1. The van der Waals surface area contributed by atoms with Gasteiger partial charge in [-0.2, -0.15) is 0 Å². The molecule has 0 amide bonds. The number of fused-ring (bicyclic) bond motifs is 1. The van der Waals surface area contributed by atoms with E-state index in [0.29, 0.717) is 11.3 Å². The topological polar surface area (TPSA) is 37.9 Å². The van der Waals surface area contributed by atoms with Crippen LogP contribution in [0.5, 0.6) is 5.75 Å². The molecule has 1 aliphatic carbocycles. The minimum Gasteiger partial charge on any atom is -0.496 e. The number of pyridine rings is 1. The van der Waals surface area contributed by atoms with Crippen LogP contribution in [-0.4, -0.2) is 17.1 Å². The molecule has 2 heterocycles. The Morgan fingerprint density at radius 3 is 2.68 bits per heavy atom. The predicted octanol–water partition coefficient (Wildman–Crippen LogP) is 5.47. The summed E-state index contributed by atoms with van der Waals surface area (Å²) in [7, 11) is 1.45. The summed E-state index contributed by atoms with van der Waals surface area (Å²) >= 11 is 0. The number of aromatic nitrogens is 2. The number of nitrogens with zero attached hydrogens (tertiary/aromatic N) is 1. The normalized spacial score (nSPS) is 14.6. The molecule has 4 rings (SSSR count). The number of rotatable bonds is 3. The van der Waals surface area contributed by atoms with Crippen LogP contribution < -0.4 is 4.74 Å². The van der Waals surface area contributed by atoms with Crippen molar-refractivity contribution in [3.63, 3.8) is 0 Å². The van der Waals surface area contributed by atoms with Crippen molar-refractivity contribution in [2.45, 2.75) is 25.7 Å². The third-order valence-corrected chi connectivity index (χ3v) is 4.70. The zero-order valence-electron chi connectivity index (χ0n) is 13.9. The second-order valence-electron chi connectivity index (χ2n) is 6.25. The van der Waals surface area contributed by atoms with Crippen LogP contribution in [0, 0.1) is 11.6 Å². The minimum atomic E-state index is -0.923. The molecule has 0 saturated heterocycles. The van der Waals surface area contributed by atoms with Crippen LogP contribution in [0.1, 0.15) is 31.4 Å². The van der Waals surface area contributed by atoms with Gasteiger partial charge in [-0.15, -0.1) is 0 Å². The number of methoxy groups -OCH3 is 1. The molecule has 0 aliphatic heterocycles. The molecule has 0 radical (unpaired) electrons. The third kappa shape index (κ3) is 2.80. The van der Waals surface area contributed by atoms with Gasteiger partial charge in [0.25, 0.3) is 0 Å². The lowest BCUT2D eigenvalue weighted by Gasteiger charge is -2.10. The van der Waals surface area contributed by atoms with E-state index in [1.165, 1.54) is 31.6 Å². The summed E-state index contributed by atoms with van der Waals surface area (Å²) in [5.74, 6) is -1.52. The number of ether oxygens (including phenoxy) is 1. The molecule has 25 heavy (non-hydrogen) atoms. The number of allylic oxidation sites excluding steroid dienone is 2. The van der Waals surface area contributed by atoms with Crippen LogP contribution in [-0.2, 0) is 0 Å². The highest BCUT2D eigenvalue weighted by Gasteiger charge is 2.17. The summed E-state index contributed by atoms with van der Waals surface area (Å²) in [5.41, 5.74) is 4.33. The second kappa shape index (κ2) is 6.31. The van der Waals surface area contributed by atoms with Crippen LogP contribution in [0.25, 0.3) is 27.7 Å². The summed E-state index contributed by atoms with van der Waals surface area (Å²) in [6, 6.07) is 6.09. The first kappa shape index (κ1) is 15.8. The van der Waals surface area contributed by atoms with Crippen molar-refractivity contribution in [3.05, 3.63) is 53.9 Å². The monoisotopic (exact) mass is 340 g/mol. The van der Waals surface area contributed by atoms with Crippen molar-refractivity contribution in [3.8, 4) is 16.9 Å². The Labute approximate surface area is 144 Å². The predicted molar refractivity (Wildman–Crippen MR) is 94.4 cm³/mol. The maximum absolute atomic E-state index is 13.8. The van der Waals surface area contributed by atoms with Crippen molar-refractivity contribution in [1.82, 2.24) is 9.97 Å². The lowest BCUT2D eigenvalue weighted by molar-refractivity contribution is 0.408. The number of benzene rings is 1. The van der Waals surface area contributed by atoms with Crippen LogP contribution >= 0.6 is 0 Å². The summed E-state index contributed by atoms with van der Waals surface area (Å²) in [4.78, 5) is 7.74. The summed E-state index contributed by atoms with van der Waals surface area (Å²) in [6.45, 7) is 0. The van der Waals surface area contributed by atoms with Gasteiger partial charge in [-0.3, -0.25) is 0 Å². The quantitative estimate of drug-likeness (QED) is 0.686. The molecule has 0 bridgehead atoms. The van der Waals surface area contributed by atoms with Gasteiger partial charge in [0.2, 0.25) is 0 Å². The Balaban J connectivity index is 1.90. The van der Waals surface area contributed by atoms with E-state index < -0.39 is 11.6 Å². The Morgan fingerprint density at radius 2 is 1.92 bits per heavy atom. The number of aromatic amines is 1. The molecule has 0 spiro atoms. The molecular weight excluding hydrogens is 322 g/mol. The molecule has 1 N–H and O–H groups in total. The smallest absolute Gasteiger partial charge is 0.162 e. The zero-order valence-corrected chi connectivity index (χ0v) is 13.9. The highest BCUT2D eigenvalue weighted by atomic mass is 19.2. The van der Waals surface area contributed by atoms with E-state index in [-0.39, 0.29) is 0 Å².